The predicted molar refractivity (Wildman–Crippen MR) is 92.1 cm³/mol. The summed E-state index contributed by atoms with van der Waals surface area (Å²) in [6.45, 7) is 2.70. The Kier molecular flexibility index (Phi) is 6.72. The van der Waals surface area contributed by atoms with Gasteiger partial charge in [-0.3, -0.25) is 0 Å². The topological polar surface area (TPSA) is 79.9 Å². The first-order valence-electron chi connectivity index (χ1n) is 7.26. The van der Waals surface area contributed by atoms with Gasteiger partial charge in [-0.2, -0.15) is 4.31 Å². The highest BCUT2D eigenvalue weighted by atomic mass is 32.2. The first-order chi connectivity index (χ1) is 11.0. The van der Waals surface area contributed by atoms with E-state index in [2.05, 4.69) is 10.6 Å². The standard InChI is InChI=1S/C14H21N3O4S2/c1-20-8-5-15-14(22)16-12-3-2-4-13(11-12)23(18,19)17-6-9-21-10-7-17/h2-4,11H,5-10H2,1H3,(H2,15,16,22). The number of sulfonamides is 1. The molecule has 1 fully saturated rings. The molecule has 0 aliphatic carbocycles. The maximum absolute atomic E-state index is 12.6. The van der Waals surface area contributed by atoms with E-state index in [0.29, 0.717) is 50.3 Å². The van der Waals surface area contributed by atoms with E-state index < -0.39 is 10.0 Å². The molecule has 1 saturated heterocycles. The number of hydrogen-bond donors (Lipinski definition) is 2. The number of rotatable bonds is 6. The summed E-state index contributed by atoms with van der Waals surface area (Å²) in [6.07, 6.45) is 0. The molecule has 0 bridgehead atoms. The minimum atomic E-state index is -3.51. The van der Waals surface area contributed by atoms with Gasteiger partial charge in [-0.05, 0) is 30.4 Å². The number of methoxy groups -OCH3 is 1. The number of nitrogens with zero attached hydrogens (tertiary/aromatic N) is 1. The zero-order chi connectivity index (χ0) is 16.7. The normalized spacial score (nSPS) is 16.0. The van der Waals surface area contributed by atoms with E-state index in [1.54, 1.807) is 31.4 Å². The second-order valence-corrected chi connectivity index (χ2v) is 7.26. The van der Waals surface area contributed by atoms with E-state index in [4.69, 9.17) is 21.7 Å². The van der Waals surface area contributed by atoms with E-state index in [9.17, 15) is 8.42 Å². The third kappa shape index (κ3) is 5.11. The Bertz CT molecular complexity index is 631. The SMILES string of the molecule is COCCNC(=S)Nc1cccc(S(=O)(=O)N2CCOCC2)c1. The van der Waals surface area contributed by atoms with Crippen LogP contribution in [0.2, 0.25) is 0 Å². The Balaban J connectivity index is 2.05. The number of hydrogen-bond acceptors (Lipinski definition) is 5. The van der Waals surface area contributed by atoms with Gasteiger partial charge in [0, 0.05) is 32.4 Å². The van der Waals surface area contributed by atoms with Crippen LogP contribution in [0.3, 0.4) is 0 Å². The lowest BCUT2D eigenvalue weighted by molar-refractivity contribution is 0.0730. The molecule has 1 aliphatic heterocycles. The average Bonchev–Trinajstić information content (AvgIpc) is 2.56. The maximum Gasteiger partial charge on any atom is 0.243 e. The van der Waals surface area contributed by atoms with Crippen LogP contribution in [0.5, 0.6) is 0 Å². The van der Waals surface area contributed by atoms with Gasteiger partial charge in [0.25, 0.3) is 0 Å². The molecule has 0 radical (unpaired) electrons. The van der Waals surface area contributed by atoms with E-state index in [0.717, 1.165) is 0 Å². The Labute approximate surface area is 142 Å². The molecule has 1 aromatic carbocycles. The van der Waals surface area contributed by atoms with Gasteiger partial charge >= 0.3 is 0 Å². The summed E-state index contributed by atoms with van der Waals surface area (Å²) in [6, 6.07) is 6.61. The summed E-state index contributed by atoms with van der Waals surface area (Å²) >= 11 is 5.16. The molecular formula is C14H21N3O4S2. The van der Waals surface area contributed by atoms with Crippen molar-refractivity contribution in [2.24, 2.45) is 0 Å². The second kappa shape index (κ2) is 8.55. The minimum Gasteiger partial charge on any atom is -0.383 e. The molecular weight excluding hydrogens is 338 g/mol. The van der Waals surface area contributed by atoms with Gasteiger partial charge in [-0.1, -0.05) is 6.07 Å². The van der Waals surface area contributed by atoms with Crippen molar-refractivity contribution in [3.8, 4) is 0 Å². The molecule has 1 heterocycles. The van der Waals surface area contributed by atoms with Crippen LogP contribution in [0.1, 0.15) is 0 Å². The monoisotopic (exact) mass is 359 g/mol. The Hall–Kier alpha value is -1.26. The van der Waals surface area contributed by atoms with Crippen LogP contribution in [-0.2, 0) is 19.5 Å². The van der Waals surface area contributed by atoms with Gasteiger partial charge in [-0.15, -0.1) is 0 Å². The maximum atomic E-state index is 12.6. The predicted octanol–water partition coefficient (Wildman–Crippen LogP) is 0.640. The van der Waals surface area contributed by atoms with Crippen molar-refractivity contribution in [1.82, 2.24) is 9.62 Å². The molecule has 0 amide bonds. The lowest BCUT2D eigenvalue weighted by Crippen LogP contribution is -2.40. The van der Waals surface area contributed by atoms with Gasteiger partial charge in [0.15, 0.2) is 5.11 Å². The van der Waals surface area contributed by atoms with E-state index in [1.165, 1.54) is 4.31 Å². The van der Waals surface area contributed by atoms with Gasteiger partial charge < -0.3 is 20.1 Å². The first kappa shape index (κ1) is 18.1. The zero-order valence-corrected chi connectivity index (χ0v) is 14.6. The molecule has 0 spiro atoms. The lowest BCUT2D eigenvalue weighted by atomic mass is 10.3. The first-order valence-corrected chi connectivity index (χ1v) is 9.10. The van der Waals surface area contributed by atoms with Crippen molar-refractivity contribution in [1.29, 1.82) is 0 Å². The summed E-state index contributed by atoms with van der Waals surface area (Å²) in [5.74, 6) is 0. The van der Waals surface area contributed by atoms with Crippen LogP contribution >= 0.6 is 12.2 Å². The van der Waals surface area contributed by atoms with Crippen LogP contribution in [0.25, 0.3) is 0 Å². The van der Waals surface area contributed by atoms with Crippen LogP contribution in [0.4, 0.5) is 5.69 Å². The molecule has 1 aromatic rings. The van der Waals surface area contributed by atoms with Gasteiger partial charge in [-0.25, -0.2) is 8.42 Å². The minimum absolute atomic E-state index is 0.240. The van der Waals surface area contributed by atoms with Crippen LogP contribution < -0.4 is 10.6 Å². The van der Waals surface area contributed by atoms with Gasteiger partial charge in [0.2, 0.25) is 10.0 Å². The third-order valence-electron chi connectivity index (χ3n) is 3.29. The van der Waals surface area contributed by atoms with Crippen molar-refractivity contribution in [2.45, 2.75) is 4.90 Å². The summed E-state index contributed by atoms with van der Waals surface area (Å²) in [7, 11) is -1.90. The van der Waals surface area contributed by atoms with Crippen LogP contribution in [-0.4, -0.2) is 64.4 Å². The summed E-state index contributed by atoms with van der Waals surface area (Å²) in [5, 5.41) is 6.37. The third-order valence-corrected chi connectivity index (χ3v) is 5.43. The molecule has 1 aliphatic rings. The van der Waals surface area contributed by atoms with E-state index >= 15 is 0 Å². The van der Waals surface area contributed by atoms with Crippen molar-refractivity contribution in [3.05, 3.63) is 24.3 Å². The molecule has 0 unspecified atom stereocenters. The smallest absolute Gasteiger partial charge is 0.243 e. The van der Waals surface area contributed by atoms with Crippen molar-refractivity contribution in [3.63, 3.8) is 0 Å². The van der Waals surface area contributed by atoms with Gasteiger partial charge in [0.05, 0.1) is 24.7 Å². The Morgan fingerprint density at radius 1 is 1.39 bits per heavy atom. The van der Waals surface area contributed by atoms with Crippen LogP contribution in [0.15, 0.2) is 29.2 Å². The fourth-order valence-electron chi connectivity index (χ4n) is 2.11. The fourth-order valence-corrected chi connectivity index (χ4v) is 3.79. The highest BCUT2D eigenvalue weighted by Crippen LogP contribution is 2.20. The quantitative estimate of drug-likeness (QED) is 0.570. The van der Waals surface area contributed by atoms with Crippen molar-refractivity contribution in [2.75, 3.05) is 51.9 Å². The highest BCUT2D eigenvalue weighted by Gasteiger charge is 2.26. The fraction of sp³-hybridized carbons (Fsp3) is 0.500. The van der Waals surface area contributed by atoms with E-state index in [-0.39, 0.29) is 4.90 Å². The molecule has 2 rings (SSSR count). The lowest BCUT2D eigenvalue weighted by Gasteiger charge is -2.26. The van der Waals surface area contributed by atoms with Crippen molar-refractivity contribution >= 4 is 33.0 Å². The van der Waals surface area contributed by atoms with E-state index in [1.807, 2.05) is 0 Å². The zero-order valence-electron chi connectivity index (χ0n) is 12.9. The highest BCUT2D eigenvalue weighted by molar-refractivity contribution is 7.89. The summed E-state index contributed by atoms with van der Waals surface area (Å²) in [5.41, 5.74) is 0.620. The Morgan fingerprint density at radius 3 is 2.83 bits per heavy atom. The average molecular weight is 359 g/mol. The molecule has 0 atom stereocenters. The number of morpholine rings is 1. The molecule has 0 saturated carbocycles. The summed E-state index contributed by atoms with van der Waals surface area (Å²) in [4.78, 5) is 0.240. The number of ether oxygens (including phenoxy) is 2. The molecule has 7 nitrogen and oxygen atoms in total. The molecule has 23 heavy (non-hydrogen) atoms. The number of nitrogens with one attached hydrogen (secondary N) is 2. The molecule has 0 aromatic heterocycles. The summed E-state index contributed by atoms with van der Waals surface area (Å²) < 4.78 is 36.8. The van der Waals surface area contributed by atoms with Crippen molar-refractivity contribution < 1.29 is 17.9 Å². The van der Waals surface area contributed by atoms with Crippen LogP contribution in [0, 0.1) is 0 Å². The number of thiocarbonyl (C=S) groups is 1. The number of anilines is 1. The largest absolute Gasteiger partial charge is 0.383 e. The molecule has 2 N–H and O–H groups in total. The molecule has 9 heteroatoms. The van der Waals surface area contributed by atoms with Gasteiger partial charge in [0.1, 0.15) is 0 Å². The molecule has 128 valence electrons. The Morgan fingerprint density at radius 2 is 2.13 bits per heavy atom. The number of benzene rings is 1. The second-order valence-electron chi connectivity index (χ2n) is 4.92.